The van der Waals surface area contributed by atoms with Crippen LogP contribution in [0.1, 0.15) is 25.7 Å². The lowest BCUT2D eigenvalue weighted by molar-refractivity contribution is -0.133. The van der Waals surface area contributed by atoms with Crippen LogP contribution in [0.3, 0.4) is 0 Å². The molecule has 1 aliphatic rings. The fourth-order valence-corrected chi connectivity index (χ4v) is 4.93. The number of carboxylic acid groups (broad SMARTS) is 1. The van der Waals surface area contributed by atoms with Crippen molar-refractivity contribution < 1.29 is 19.1 Å². The smallest absolute Gasteiger partial charge is 0.328 e. The van der Waals surface area contributed by atoms with Gasteiger partial charge in [-0.05, 0) is 30.9 Å². The maximum atomic E-state index is 13.9. The summed E-state index contributed by atoms with van der Waals surface area (Å²) < 4.78 is 14.6. The van der Waals surface area contributed by atoms with Crippen LogP contribution in [0.25, 0.3) is 0 Å². The lowest BCUT2D eigenvalue weighted by atomic mass is 10.1. The zero-order valence-corrected chi connectivity index (χ0v) is 17.2. The average Bonchev–Trinajstić information content (AvgIpc) is 3.32. The monoisotopic (exact) mass is 443 g/mol. The molecule has 2 amide bonds. The van der Waals surface area contributed by atoms with E-state index in [-0.39, 0.29) is 10.8 Å². The first-order valence-corrected chi connectivity index (χ1v) is 10.9. The molecule has 0 atom stereocenters. The summed E-state index contributed by atoms with van der Waals surface area (Å²) in [6, 6.07) is 3.96. The zero-order chi connectivity index (χ0) is 20.1. The molecule has 6 nitrogen and oxygen atoms in total. The summed E-state index contributed by atoms with van der Waals surface area (Å²) in [4.78, 5) is 29.2. The second-order valence-electron chi connectivity index (χ2n) is 6.43. The van der Waals surface area contributed by atoms with Crippen molar-refractivity contribution in [2.24, 2.45) is 5.92 Å². The lowest BCUT2D eigenvalue weighted by Gasteiger charge is -2.26. The summed E-state index contributed by atoms with van der Waals surface area (Å²) >= 11 is 8.45. The van der Waals surface area contributed by atoms with Gasteiger partial charge in [0.25, 0.3) is 0 Å². The minimum atomic E-state index is -0.924. The molecule has 1 aromatic carbocycles. The van der Waals surface area contributed by atoms with Crippen molar-refractivity contribution in [1.82, 2.24) is 4.98 Å². The van der Waals surface area contributed by atoms with E-state index in [4.69, 9.17) is 16.7 Å². The Bertz CT molecular complexity index is 858. The van der Waals surface area contributed by atoms with Gasteiger partial charge >= 0.3 is 12.0 Å². The topological polar surface area (TPSA) is 82.5 Å². The highest BCUT2D eigenvalue weighted by Crippen LogP contribution is 2.33. The number of aromatic nitrogens is 1. The Morgan fingerprint density at radius 3 is 2.86 bits per heavy atom. The van der Waals surface area contributed by atoms with Gasteiger partial charge in [-0.2, -0.15) is 0 Å². The van der Waals surface area contributed by atoms with Crippen LogP contribution in [-0.4, -0.2) is 34.4 Å². The number of rotatable bonds is 7. The predicted molar refractivity (Wildman–Crippen MR) is 110 cm³/mol. The Hall–Kier alpha value is -1.84. The van der Waals surface area contributed by atoms with Gasteiger partial charge in [0.2, 0.25) is 0 Å². The van der Waals surface area contributed by atoms with Gasteiger partial charge in [0, 0.05) is 6.54 Å². The van der Waals surface area contributed by atoms with E-state index in [0.29, 0.717) is 27.5 Å². The molecule has 0 aliphatic heterocycles. The normalized spacial score (nSPS) is 14.2. The Balaban J connectivity index is 1.76. The van der Waals surface area contributed by atoms with Crippen LogP contribution in [0.15, 0.2) is 28.6 Å². The molecule has 0 bridgehead atoms. The molecular formula is C18H19ClFN3O3S2. The van der Waals surface area contributed by atoms with Crippen molar-refractivity contribution in [3.05, 3.63) is 35.2 Å². The number of carbonyl (C=O) groups is 2. The molecule has 0 spiro atoms. The van der Waals surface area contributed by atoms with E-state index in [9.17, 15) is 14.0 Å². The van der Waals surface area contributed by atoms with Crippen molar-refractivity contribution in [3.63, 3.8) is 0 Å². The second-order valence-corrected chi connectivity index (χ2v) is 9.12. The molecule has 0 saturated heterocycles. The lowest BCUT2D eigenvalue weighted by Crippen LogP contribution is -2.38. The number of hydrogen-bond acceptors (Lipinski definition) is 5. The number of carbonyl (C=O) groups excluding carboxylic acids is 1. The molecule has 10 heteroatoms. The first kappa shape index (κ1) is 20.9. The maximum absolute atomic E-state index is 13.9. The SMILES string of the molecule is O=C(O)CSc1cnc(NC(=O)N(CC2CCCC2)c2cccc(F)c2Cl)s1. The number of amides is 2. The van der Waals surface area contributed by atoms with Crippen LogP contribution < -0.4 is 10.2 Å². The number of halogens is 2. The van der Waals surface area contributed by atoms with Crippen molar-refractivity contribution in [3.8, 4) is 0 Å². The van der Waals surface area contributed by atoms with Gasteiger partial charge < -0.3 is 5.11 Å². The Labute approximate surface area is 175 Å². The third-order valence-electron chi connectivity index (χ3n) is 4.42. The summed E-state index contributed by atoms with van der Waals surface area (Å²) in [5, 5.41) is 11.7. The largest absolute Gasteiger partial charge is 0.481 e. The van der Waals surface area contributed by atoms with Crippen LogP contribution in [0.2, 0.25) is 5.02 Å². The number of hydrogen-bond donors (Lipinski definition) is 2. The molecule has 0 unspecified atom stereocenters. The Kier molecular flexibility index (Phi) is 7.14. The first-order valence-electron chi connectivity index (χ1n) is 8.77. The molecular weight excluding hydrogens is 425 g/mol. The van der Waals surface area contributed by atoms with Gasteiger partial charge in [0.1, 0.15) is 10.8 Å². The molecule has 1 heterocycles. The van der Waals surface area contributed by atoms with Gasteiger partial charge in [-0.3, -0.25) is 15.0 Å². The first-order chi connectivity index (χ1) is 13.4. The van der Waals surface area contributed by atoms with E-state index in [1.165, 1.54) is 34.6 Å². The highest BCUT2D eigenvalue weighted by atomic mass is 35.5. The van der Waals surface area contributed by atoms with Crippen molar-refractivity contribution in [2.45, 2.75) is 29.9 Å². The summed E-state index contributed by atoms with van der Waals surface area (Å²) in [7, 11) is 0. The van der Waals surface area contributed by atoms with Gasteiger partial charge in [0.15, 0.2) is 5.13 Å². The number of aliphatic carboxylic acids is 1. The molecule has 2 aromatic rings. The third-order valence-corrected chi connectivity index (χ3v) is 6.89. The Morgan fingerprint density at radius 1 is 1.39 bits per heavy atom. The minimum Gasteiger partial charge on any atom is -0.481 e. The highest BCUT2D eigenvalue weighted by Gasteiger charge is 2.26. The number of nitrogens with zero attached hydrogens (tertiary/aromatic N) is 2. The van der Waals surface area contributed by atoms with E-state index in [1.54, 1.807) is 6.07 Å². The zero-order valence-electron chi connectivity index (χ0n) is 14.9. The van der Waals surface area contributed by atoms with E-state index in [0.717, 1.165) is 37.4 Å². The Morgan fingerprint density at radius 2 is 2.14 bits per heavy atom. The molecule has 1 saturated carbocycles. The van der Waals surface area contributed by atoms with Crippen LogP contribution in [0.4, 0.5) is 20.0 Å². The molecule has 28 heavy (non-hydrogen) atoms. The third kappa shape index (κ3) is 5.36. The molecule has 3 rings (SSSR count). The molecule has 150 valence electrons. The van der Waals surface area contributed by atoms with Gasteiger partial charge in [-0.15, -0.1) is 11.8 Å². The van der Waals surface area contributed by atoms with Crippen molar-refractivity contribution in [2.75, 3.05) is 22.5 Å². The highest BCUT2D eigenvalue weighted by molar-refractivity contribution is 8.01. The van der Waals surface area contributed by atoms with Crippen LogP contribution in [-0.2, 0) is 4.79 Å². The summed E-state index contributed by atoms with van der Waals surface area (Å²) in [6.07, 6.45) is 5.79. The van der Waals surface area contributed by atoms with E-state index in [2.05, 4.69) is 10.3 Å². The van der Waals surface area contributed by atoms with Crippen LogP contribution in [0.5, 0.6) is 0 Å². The fraction of sp³-hybridized carbons (Fsp3) is 0.389. The predicted octanol–water partition coefficient (Wildman–Crippen LogP) is 5.34. The number of benzene rings is 1. The quantitative estimate of drug-likeness (QED) is 0.564. The number of anilines is 2. The molecule has 1 fully saturated rings. The average molecular weight is 444 g/mol. The number of nitrogens with one attached hydrogen (secondary N) is 1. The summed E-state index contributed by atoms with van der Waals surface area (Å²) in [5.41, 5.74) is 0.322. The van der Waals surface area contributed by atoms with Gasteiger partial charge in [-0.1, -0.05) is 41.8 Å². The van der Waals surface area contributed by atoms with Crippen LogP contribution in [0, 0.1) is 11.7 Å². The molecule has 2 N–H and O–H groups in total. The maximum Gasteiger partial charge on any atom is 0.328 e. The fourth-order valence-electron chi connectivity index (χ4n) is 3.12. The summed E-state index contributed by atoms with van der Waals surface area (Å²) in [5.74, 6) is -1.25. The molecule has 1 aromatic heterocycles. The number of carboxylic acids is 1. The second kappa shape index (κ2) is 9.58. The van der Waals surface area contributed by atoms with E-state index in [1.807, 2.05) is 0 Å². The van der Waals surface area contributed by atoms with Crippen LogP contribution >= 0.6 is 34.7 Å². The molecule has 1 aliphatic carbocycles. The minimum absolute atomic E-state index is 0.0811. The van der Waals surface area contributed by atoms with Crippen molar-refractivity contribution in [1.29, 1.82) is 0 Å². The number of thiazole rings is 1. The van der Waals surface area contributed by atoms with E-state index >= 15 is 0 Å². The van der Waals surface area contributed by atoms with Crippen molar-refractivity contribution >= 4 is 57.5 Å². The molecule has 0 radical (unpaired) electrons. The van der Waals surface area contributed by atoms with E-state index < -0.39 is 17.8 Å². The van der Waals surface area contributed by atoms with Gasteiger partial charge in [-0.25, -0.2) is 14.2 Å². The summed E-state index contributed by atoms with van der Waals surface area (Å²) in [6.45, 7) is 0.445. The number of thioether (sulfide) groups is 1. The van der Waals surface area contributed by atoms with Gasteiger partial charge in [0.05, 0.1) is 21.8 Å². The number of urea groups is 1. The standard InChI is InChI=1S/C18H19ClFN3O3S2/c19-16-12(20)6-3-7-13(16)23(9-11-4-1-2-5-11)18(26)22-17-21-8-15(28-17)27-10-14(24)25/h3,6-8,11H,1-2,4-5,9-10H2,(H,24,25)(H,21,22,26).